The van der Waals surface area contributed by atoms with Crippen LogP contribution in [-0.2, 0) is 4.79 Å². The van der Waals surface area contributed by atoms with E-state index in [1.54, 1.807) is 6.92 Å². The highest BCUT2D eigenvalue weighted by molar-refractivity contribution is 5.94. The molecule has 0 saturated carbocycles. The predicted octanol–water partition coefficient (Wildman–Crippen LogP) is 4.61. The minimum atomic E-state index is -4.75. The summed E-state index contributed by atoms with van der Waals surface area (Å²) in [5.41, 5.74) is 2.38. The molecule has 4 nitrogen and oxygen atoms in total. The lowest BCUT2D eigenvalue weighted by atomic mass is 10.1. The fraction of sp³-hybridized carbons (Fsp3) is 0.278. The van der Waals surface area contributed by atoms with Gasteiger partial charge in [-0.25, -0.2) is 0 Å². The summed E-state index contributed by atoms with van der Waals surface area (Å²) in [7, 11) is 0. The maximum atomic E-state index is 12.2. The Morgan fingerprint density at radius 1 is 1.00 bits per heavy atom. The molecule has 0 aromatic heterocycles. The van der Waals surface area contributed by atoms with Crippen molar-refractivity contribution in [2.24, 2.45) is 0 Å². The van der Waals surface area contributed by atoms with Gasteiger partial charge in [-0.1, -0.05) is 6.07 Å². The number of ether oxygens (including phenoxy) is 2. The van der Waals surface area contributed by atoms with E-state index in [9.17, 15) is 18.0 Å². The normalized spacial score (nSPS) is 12.4. The monoisotopic (exact) mass is 353 g/mol. The van der Waals surface area contributed by atoms with Gasteiger partial charge in [0, 0.05) is 5.69 Å². The highest BCUT2D eigenvalue weighted by Gasteiger charge is 2.31. The van der Waals surface area contributed by atoms with Crippen LogP contribution in [0.3, 0.4) is 0 Å². The van der Waals surface area contributed by atoms with Crippen LogP contribution in [0.2, 0.25) is 0 Å². The molecule has 0 aliphatic carbocycles. The van der Waals surface area contributed by atoms with Gasteiger partial charge in [-0.2, -0.15) is 0 Å². The molecule has 0 heterocycles. The van der Waals surface area contributed by atoms with Crippen molar-refractivity contribution < 1.29 is 27.4 Å². The van der Waals surface area contributed by atoms with E-state index in [-0.39, 0.29) is 5.75 Å². The number of hydrogen-bond donors (Lipinski definition) is 1. The van der Waals surface area contributed by atoms with Crippen molar-refractivity contribution in [1.82, 2.24) is 0 Å². The van der Waals surface area contributed by atoms with Crippen LogP contribution < -0.4 is 14.8 Å². The molecule has 2 aromatic rings. The number of anilines is 1. The topological polar surface area (TPSA) is 47.6 Å². The molecule has 0 bridgehead atoms. The van der Waals surface area contributed by atoms with Gasteiger partial charge in [-0.05, 0) is 68.3 Å². The molecule has 1 amide bonds. The molecular weight excluding hydrogens is 335 g/mol. The van der Waals surface area contributed by atoms with Crippen LogP contribution in [0.5, 0.6) is 11.5 Å². The summed E-state index contributed by atoms with van der Waals surface area (Å²) < 4.78 is 45.7. The number of amides is 1. The highest BCUT2D eigenvalue weighted by Crippen LogP contribution is 2.24. The number of aryl methyl sites for hydroxylation is 2. The van der Waals surface area contributed by atoms with Crippen LogP contribution in [0.25, 0.3) is 0 Å². The Bertz CT molecular complexity index is 722. The first-order valence-corrected chi connectivity index (χ1v) is 7.54. The zero-order valence-electron chi connectivity index (χ0n) is 14.0. The molecule has 25 heavy (non-hydrogen) atoms. The highest BCUT2D eigenvalue weighted by atomic mass is 19.4. The summed E-state index contributed by atoms with van der Waals surface area (Å²) in [6.07, 6.45) is -5.52. The Balaban J connectivity index is 1.96. The third kappa shape index (κ3) is 6.02. The van der Waals surface area contributed by atoms with Gasteiger partial charge >= 0.3 is 6.36 Å². The molecule has 0 spiro atoms. The van der Waals surface area contributed by atoms with Crippen molar-refractivity contribution in [3.05, 3.63) is 53.6 Å². The van der Waals surface area contributed by atoms with Crippen LogP contribution in [0.1, 0.15) is 18.1 Å². The van der Waals surface area contributed by atoms with E-state index in [1.165, 1.54) is 12.1 Å². The first kappa shape index (κ1) is 18.6. The fourth-order valence-electron chi connectivity index (χ4n) is 2.24. The van der Waals surface area contributed by atoms with Gasteiger partial charge in [-0.3, -0.25) is 4.79 Å². The summed E-state index contributed by atoms with van der Waals surface area (Å²) in [6.45, 7) is 5.44. The standard InChI is InChI=1S/C18H18F3NO3/c1-11-8-12(2)10-16(9-11)24-13(3)17(23)22-14-4-6-15(7-5-14)25-18(19,20)21/h4-10,13H,1-3H3,(H,22,23)/t13-/m1/s1. The number of nitrogens with one attached hydrogen (secondary N) is 1. The van der Waals surface area contributed by atoms with Gasteiger partial charge < -0.3 is 14.8 Å². The Hall–Kier alpha value is -2.70. The average molecular weight is 353 g/mol. The maximum absolute atomic E-state index is 12.2. The van der Waals surface area contributed by atoms with E-state index in [0.29, 0.717) is 11.4 Å². The molecule has 134 valence electrons. The second-order valence-electron chi connectivity index (χ2n) is 5.64. The zero-order chi connectivity index (χ0) is 18.6. The molecule has 7 heteroatoms. The van der Waals surface area contributed by atoms with E-state index in [0.717, 1.165) is 23.3 Å². The molecule has 2 rings (SSSR count). The molecule has 1 atom stereocenters. The van der Waals surface area contributed by atoms with Crippen LogP contribution in [-0.4, -0.2) is 18.4 Å². The summed E-state index contributed by atoms with van der Waals surface area (Å²) in [4.78, 5) is 12.2. The van der Waals surface area contributed by atoms with E-state index >= 15 is 0 Å². The van der Waals surface area contributed by atoms with E-state index in [1.807, 2.05) is 32.0 Å². The summed E-state index contributed by atoms with van der Waals surface area (Å²) in [6, 6.07) is 10.5. The van der Waals surface area contributed by atoms with Crippen LogP contribution in [0.15, 0.2) is 42.5 Å². The fourth-order valence-corrected chi connectivity index (χ4v) is 2.24. The third-order valence-corrected chi connectivity index (χ3v) is 3.23. The van der Waals surface area contributed by atoms with Crippen molar-refractivity contribution in [1.29, 1.82) is 0 Å². The van der Waals surface area contributed by atoms with E-state index < -0.39 is 18.4 Å². The number of carbonyl (C=O) groups excluding carboxylic acids is 1. The average Bonchev–Trinajstić information content (AvgIpc) is 2.46. The van der Waals surface area contributed by atoms with Crippen LogP contribution >= 0.6 is 0 Å². The lowest BCUT2D eigenvalue weighted by Gasteiger charge is -2.16. The second-order valence-corrected chi connectivity index (χ2v) is 5.64. The Morgan fingerprint density at radius 2 is 1.56 bits per heavy atom. The molecule has 0 saturated heterocycles. The summed E-state index contributed by atoms with van der Waals surface area (Å²) in [5.74, 6) is -0.192. The molecule has 0 unspecified atom stereocenters. The van der Waals surface area contributed by atoms with Gasteiger partial charge in [0.25, 0.3) is 5.91 Å². The lowest BCUT2D eigenvalue weighted by molar-refractivity contribution is -0.274. The SMILES string of the molecule is Cc1cc(C)cc(O[C@H](C)C(=O)Nc2ccc(OC(F)(F)F)cc2)c1. The van der Waals surface area contributed by atoms with E-state index in [2.05, 4.69) is 10.1 Å². The molecular formula is C18H18F3NO3. The molecule has 0 aliphatic rings. The number of benzene rings is 2. The zero-order valence-corrected chi connectivity index (χ0v) is 14.0. The van der Waals surface area contributed by atoms with Gasteiger partial charge in [0.15, 0.2) is 6.10 Å². The molecule has 0 fully saturated rings. The van der Waals surface area contributed by atoms with E-state index in [4.69, 9.17) is 4.74 Å². The quantitative estimate of drug-likeness (QED) is 0.854. The number of hydrogen-bond acceptors (Lipinski definition) is 3. The van der Waals surface area contributed by atoms with Crippen molar-refractivity contribution in [3.8, 4) is 11.5 Å². The van der Waals surface area contributed by atoms with Crippen molar-refractivity contribution in [2.75, 3.05) is 5.32 Å². The first-order chi connectivity index (χ1) is 11.6. The van der Waals surface area contributed by atoms with Gasteiger partial charge in [0.1, 0.15) is 11.5 Å². The Morgan fingerprint density at radius 3 is 2.08 bits per heavy atom. The van der Waals surface area contributed by atoms with Crippen molar-refractivity contribution in [3.63, 3.8) is 0 Å². The first-order valence-electron chi connectivity index (χ1n) is 7.54. The predicted molar refractivity (Wildman–Crippen MR) is 87.8 cm³/mol. The number of rotatable bonds is 5. The summed E-state index contributed by atoms with van der Waals surface area (Å²) in [5, 5.41) is 2.58. The maximum Gasteiger partial charge on any atom is 0.573 e. The van der Waals surface area contributed by atoms with Gasteiger partial charge in [0.05, 0.1) is 0 Å². The minimum absolute atomic E-state index is 0.343. The smallest absolute Gasteiger partial charge is 0.481 e. The molecule has 0 radical (unpaired) electrons. The summed E-state index contributed by atoms with van der Waals surface area (Å²) >= 11 is 0. The largest absolute Gasteiger partial charge is 0.573 e. The molecule has 1 N–H and O–H groups in total. The third-order valence-electron chi connectivity index (χ3n) is 3.23. The lowest BCUT2D eigenvalue weighted by Crippen LogP contribution is -2.30. The Labute approximate surface area is 143 Å². The number of halogens is 3. The minimum Gasteiger partial charge on any atom is -0.481 e. The van der Waals surface area contributed by atoms with Gasteiger partial charge in [0.2, 0.25) is 0 Å². The van der Waals surface area contributed by atoms with Gasteiger partial charge in [-0.15, -0.1) is 13.2 Å². The molecule has 2 aromatic carbocycles. The van der Waals surface area contributed by atoms with Crippen molar-refractivity contribution in [2.45, 2.75) is 33.2 Å². The molecule has 0 aliphatic heterocycles. The van der Waals surface area contributed by atoms with Crippen LogP contribution in [0, 0.1) is 13.8 Å². The van der Waals surface area contributed by atoms with Crippen LogP contribution in [0.4, 0.5) is 18.9 Å². The Kier molecular flexibility index (Phi) is 5.56. The second kappa shape index (κ2) is 7.46. The number of alkyl halides is 3. The number of carbonyl (C=O) groups is 1. The van der Waals surface area contributed by atoms with Crippen molar-refractivity contribution >= 4 is 11.6 Å².